The van der Waals surface area contributed by atoms with Crippen LogP contribution in [0.3, 0.4) is 0 Å². The van der Waals surface area contributed by atoms with E-state index in [1.54, 1.807) is 4.68 Å². The maximum Gasteiger partial charge on any atom is 0.341 e. The van der Waals surface area contributed by atoms with Gasteiger partial charge in [0.25, 0.3) is 5.91 Å². The molecule has 7 heteroatoms. The van der Waals surface area contributed by atoms with Crippen molar-refractivity contribution in [3.63, 3.8) is 0 Å². The summed E-state index contributed by atoms with van der Waals surface area (Å²) in [4.78, 5) is 24.3. The first-order valence-electron chi connectivity index (χ1n) is 5.31. The highest BCUT2D eigenvalue weighted by Gasteiger charge is 2.27. The number of carbonyl (C=O) groups excluding carboxylic acids is 2. The van der Waals surface area contributed by atoms with Gasteiger partial charge in [-0.3, -0.25) is 9.48 Å². The molecule has 0 aliphatic carbocycles. The third-order valence-corrected chi connectivity index (χ3v) is 2.80. The minimum atomic E-state index is -1.01. The van der Waals surface area contributed by atoms with Crippen molar-refractivity contribution in [2.24, 2.45) is 0 Å². The molecule has 96 valence electrons. The second-order valence-electron chi connectivity index (χ2n) is 3.85. The standard InChI is InChI=1S/C11H12FN3O3/c1-7(12)10(16)14-3-4-15-9(6-14)8(5-13-15)11(17)18-2/h5H,1,3-4,6H2,2H3. The highest BCUT2D eigenvalue weighted by atomic mass is 19.1. The predicted molar refractivity (Wildman–Crippen MR) is 59.2 cm³/mol. The molecule has 2 rings (SSSR count). The van der Waals surface area contributed by atoms with Crippen molar-refractivity contribution in [2.45, 2.75) is 13.1 Å². The average Bonchev–Trinajstić information content (AvgIpc) is 2.79. The van der Waals surface area contributed by atoms with Crippen molar-refractivity contribution in [3.8, 4) is 0 Å². The lowest BCUT2D eigenvalue weighted by Crippen LogP contribution is -2.39. The summed E-state index contributed by atoms with van der Waals surface area (Å²) in [7, 11) is 1.27. The van der Waals surface area contributed by atoms with Crippen molar-refractivity contribution < 1.29 is 18.7 Å². The number of methoxy groups -OCH3 is 1. The fraction of sp³-hybridized carbons (Fsp3) is 0.364. The monoisotopic (exact) mass is 253 g/mol. The summed E-state index contributed by atoms with van der Waals surface area (Å²) in [5, 5.41) is 4.03. The molecule has 1 aromatic rings. The molecule has 1 amide bonds. The van der Waals surface area contributed by atoms with Gasteiger partial charge in [0.05, 0.1) is 32.1 Å². The van der Waals surface area contributed by atoms with Gasteiger partial charge in [-0.15, -0.1) is 0 Å². The van der Waals surface area contributed by atoms with E-state index in [0.717, 1.165) is 0 Å². The first-order valence-corrected chi connectivity index (χ1v) is 5.31. The molecule has 0 saturated carbocycles. The summed E-state index contributed by atoms with van der Waals surface area (Å²) in [6.07, 6.45) is 1.39. The maximum absolute atomic E-state index is 12.8. The van der Waals surface area contributed by atoms with Crippen LogP contribution in [0.25, 0.3) is 0 Å². The Morgan fingerprint density at radius 3 is 2.83 bits per heavy atom. The minimum Gasteiger partial charge on any atom is -0.465 e. The van der Waals surface area contributed by atoms with Crippen molar-refractivity contribution in [1.29, 1.82) is 0 Å². The molecule has 0 fully saturated rings. The van der Waals surface area contributed by atoms with Gasteiger partial charge in [0.15, 0.2) is 5.83 Å². The first-order chi connectivity index (χ1) is 8.54. The SMILES string of the molecule is C=C(F)C(=O)N1CCn2ncc(C(=O)OC)c2C1. The number of nitrogens with zero attached hydrogens (tertiary/aromatic N) is 3. The minimum absolute atomic E-state index is 0.117. The van der Waals surface area contributed by atoms with E-state index in [-0.39, 0.29) is 6.54 Å². The fourth-order valence-electron chi connectivity index (χ4n) is 1.87. The van der Waals surface area contributed by atoms with Crippen LogP contribution in [0.1, 0.15) is 16.1 Å². The Morgan fingerprint density at radius 2 is 2.22 bits per heavy atom. The van der Waals surface area contributed by atoms with Crippen LogP contribution >= 0.6 is 0 Å². The van der Waals surface area contributed by atoms with E-state index >= 15 is 0 Å². The third kappa shape index (κ3) is 1.99. The van der Waals surface area contributed by atoms with Gasteiger partial charge < -0.3 is 9.64 Å². The number of aromatic nitrogens is 2. The van der Waals surface area contributed by atoms with E-state index in [1.807, 2.05) is 0 Å². The second-order valence-corrected chi connectivity index (χ2v) is 3.85. The molecule has 1 aliphatic rings. The number of amides is 1. The third-order valence-electron chi connectivity index (χ3n) is 2.80. The van der Waals surface area contributed by atoms with Crippen molar-refractivity contribution >= 4 is 11.9 Å². The fourth-order valence-corrected chi connectivity index (χ4v) is 1.87. The van der Waals surface area contributed by atoms with E-state index in [9.17, 15) is 14.0 Å². The number of esters is 1. The van der Waals surface area contributed by atoms with Crippen LogP contribution in [0.15, 0.2) is 18.6 Å². The van der Waals surface area contributed by atoms with Gasteiger partial charge >= 0.3 is 5.97 Å². The Kier molecular flexibility index (Phi) is 3.14. The van der Waals surface area contributed by atoms with Gasteiger partial charge in [-0.1, -0.05) is 6.58 Å². The maximum atomic E-state index is 12.8. The Hall–Kier alpha value is -2.18. The summed E-state index contributed by atoms with van der Waals surface area (Å²) in [5.74, 6) is -2.30. The number of halogens is 1. The molecule has 0 saturated heterocycles. The van der Waals surface area contributed by atoms with Crippen LogP contribution in [-0.4, -0.2) is 40.2 Å². The van der Waals surface area contributed by atoms with Crippen LogP contribution in [0.4, 0.5) is 4.39 Å². The van der Waals surface area contributed by atoms with Crippen LogP contribution in [0.5, 0.6) is 0 Å². The molecule has 18 heavy (non-hydrogen) atoms. The molecule has 0 bridgehead atoms. The van der Waals surface area contributed by atoms with Crippen molar-refractivity contribution in [2.75, 3.05) is 13.7 Å². The smallest absolute Gasteiger partial charge is 0.341 e. The van der Waals surface area contributed by atoms with E-state index in [2.05, 4.69) is 16.4 Å². The summed E-state index contributed by atoms with van der Waals surface area (Å²) in [5.41, 5.74) is 0.835. The van der Waals surface area contributed by atoms with Crippen LogP contribution in [-0.2, 0) is 22.6 Å². The molecule has 0 radical (unpaired) electrons. The summed E-state index contributed by atoms with van der Waals surface area (Å²) >= 11 is 0. The van der Waals surface area contributed by atoms with Gasteiger partial charge in [0.2, 0.25) is 0 Å². The van der Waals surface area contributed by atoms with Gasteiger partial charge in [0.1, 0.15) is 5.56 Å². The summed E-state index contributed by atoms with van der Waals surface area (Å²) in [6.45, 7) is 3.83. The number of hydrogen-bond acceptors (Lipinski definition) is 4. The Bertz CT molecular complexity index is 524. The molecule has 0 N–H and O–H groups in total. The zero-order valence-corrected chi connectivity index (χ0v) is 9.85. The molecule has 1 aromatic heterocycles. The van der Waals surface area contributed by atoms with E-state index in [1.165, 1.54) is 18.2 Å². The molecule has 0 spiro atoms. The van der Waals surface area contributed by atoms with Gasteiger partial charge in [-0.05, 0) is 0 Å². The summed E-state index contributed by atoms with van der Waals surface area (Å²) in [6, 6.07) is 0. The Morgan fingerprint density at radius 1 is 1.50 bits per heavy atom. The largest absolute Gasteiger partial charge is 0.465 e. The quantitative estimate of drug-likeness (QED) is 0.568. The summed E-state index contributed by atoms with van der Waals surface area (Å²) < 4.78 is 19.0. The van der Waals surface area contributed by atoms with Gasteiger partial charge in [-0.25, -0.2) is 9.18 Å². The molecule has 6 nitrogen and oxygen atoms in total. The first kappa shape index (κ1) is 12.3. The lowest BCUT2D eigenvalue weighted by molar-refractivity contribution is -0.130. The lowest BCUT2D eigenvalue weighted by Gasteiger charge is -2.27. The predicted octanol–water partition coefficient (Wildman–Crippen LogP) is 0.495. The second kappa shape index (κ2) is 4.59. The van der Waals surface area contributed by atoms with Crippen LogP contribution in [0, 0.1) is 0 Å². The molecule has 0 aromatic carbocycles. The molecule has 2 heterocycles. The topological polar surface area (TPSA) is 64.4 Å². The van der Waals surface area contributed by atoms with Crippen molar-refractivity contribution in [3.05, 3.63) is 29.9 Å². The van der Waals surface area contributed by atoms with Crippen LogP contribution in [0.2, 0.25) is 0 Å². The molecule has 1 aliphatic heterocycles. The average molecular weight is 253 g/mol. The Labute approximate surface area is 103 Å². The molecular formula is C11H12FN3O3. The number of fused-ring (bicyclic) bond motifs is 1. The van der Waals surface area contributed by atoms with E-state index < -0.39 is 17.7 Å². The van der Waals surface area contributed by atoms with E-state index in [4.69, 9.17) is 0 Å². The van der Waals surface area contributed by atoms with Crippen molar-refractivity contribution in [1.82, 2.24) is 14.7 Å². The zero-order valence-electron chi connectivity index (χ0n) is 9.85. The number of hydrogen-bond donors (Lipinski definition) is 0. The lowest BCUT2D eigenvalue weighted by atomic mass is 10.2. The number of ether oxygens (including phenoxy) is 1. The highest BCUT2D eigenvalue weighted by molar-refractivity contribution is 5.92. The number of carbonyl (C=O) groups is 2. The molecule has 0 unspecified atom stereocenters. The molecule has 0 atom stereocenters. The van der Waals surface area contributed by atoms with Gasteiger partial charge in [0, 0.05) is 6.54 Å². The Balaban J connectivity index is 2.27. The van der Waals surface area contributed by atoms with Gasteiger partial charge in [-0.2, -0.15) is 5.10 Å². The van der Waals surface area contributed by atoms with E-state index in [0.29, 0.717) is 24.3 Å². The van der Waals surface area contributed by atoms with Crippen LogP contribution < -0.4 is 0 Å². The highest BCUT2D eigenvalue weighted by Crippen LogP contribution is 2.18. The normalized spacial score (nSPS) is 14.0. The number of rotatable bonds is 2. The molecular weight excluding hydrogens is 241 g/mol. The zero-order chi connectivity index (χ0) is 13.3.